The van der Waals surface area contributed by atoms with Crippen molar-refractivity contribution in [1.82, 2.24) is 14.7 Å². The Morgan fingerprint density at radius 3 is 2.78 bits per heavy atom. The number of aliphatic hydroxyl groups excluding tert-OH is 1. The predicted octanol–water partition coefficient (Wildman–Crippen LogP) is 0.371. The third-order valence-electron chi connectivity index (χ3n) is 2.59. The first-order valence-electron chi connectivity index (χ1n) is 6.20. The van der Waals surface area contributed by atoms with Gasteiger partial charge in [0.2, 0.25) is 5.91 Å². The van der Waals surface area contributed by atoms with E-state index in [1.165, 1.54) is 0 Å². The Morgan fingerprint density at radius 1 is 1.56 bits per heavy atom. The molecule has 1 aromatic rings. The second-order valence-corrected chi connectivity index (χ2v) is 4.34. The average Bonchev–Trinajstić information content (AvgIpc) is 2.58. The molecule has 0 aliphatic heterocycles. The zero-order valence-corrected chi connectivity index (χ0v) is 11.3. The average molecular weight is 254 g/mol. The molecule has 1 heterocycles. The number of aromatic nitrogens is 2. The molecule has 0 aromatic carbocycles. The minimum atomic E-state index is -0.0834. The highest BCUT2D eigenvalue weighted by atomic mass is 16.3. The van der Waals surface area contributed by atoms with Gasteiger partial charge in [-0.2, -0.15) is 5.10 Å². The minimum absolute atomic E-state index is 0.0676. The molecule has 0 spiro atoms. The summed E-state index contributed by atoms with van der Waals surface area (Å²) in [6.45, 7) is 5.61. The Hall–Kier alpha value is -1.40. The first kappa shape index (κ1) is 14.7. The molecule has 1 aromatic heterocycles. The van der Waals surface area contributed by atoms with E-state index in [0.29, 0.717) is 18.9 Å². The van der Waals surface area contributed by atoms with Crippen molar-refractivity contribution in [1.29, 1.82) is 0 Å². The normalized spacial score (nSPS) is 10.9. The van der Waals surface area contributed by atoms with Gasteiger partial charge in [-0.1, -0.05) is 6.92 Å². The summed E-state index contributed by atoms with van der Waals surface area (Å²) in [7, 11) is 1.79. The third-order valence-corrected chi connectivity index (χ3v) is 2.59. The maximum absolute atomic E-state index is 11.9. The molecule has 0 unspecified atom stereocenters. The van der Waals surface area contributed by atoms with Crippen LogP contribution in [0.1, 0.15) is 19.0 Å². The summed E-state index contributed by atoms with van der Waals surface area (Å²) in [4.78, 5) is 13.8. The summed E-state index contributed by atoms with van der Waals surface area (Å²) in [6.07, 6.45) is 0.956. The van der Waals surface area contributed by atoms with E-state index in [0.717, 1.165) is 18.7 Å². The van der Waals surface area contributed by atoms with Crippen molar-refractivity contribution >= 4 is 11.7 Å². The van der Waals surface area contributed by atoms with Crippen LogP contribution in [-0.2, 0) is 11.8 Å². The number of anilines is 1. The Labute approximate surface area is 108 Å². The van der Waals surface area contributed by atoms with E-state index < -0.39 is 0 Å². The van der Waals surface area contributed by atoms with Gasteiger partial charge in [0.15, 0.2) is 0 Å². The van der Waals surface area contributed by atoms with Crippen molar-refractivity contribution < 1.29 is 9.90 Å². The summed E-state index contributed by atoms with van der Waals surface area (Å²) in [5.41, 5.74) is 0.869. The van der Waals surface area contributed by atoms with E-state index in [-0.39, 0.29) is 12.5 Å². The molecule has 0 aliphatic rings. The van der Waals surface area contributed by atoms with Crippen LogP contribution in [0, 0.1) is 6.92 Å². The molecule has 0 aliphatic carbocycles. The van der Waals surface area contributed by atoms with E-state index >= 15 is 0 Å². The highest BCUT2D eigenvalue weighted by Crippen LogP contribution is 2.07. The number of carbonyl (C=O) groups excluding carboxylic acids is 1. The van der Waals surface area contributed by atoms with Crippen molar-refractivity contribution in [2.75, 3.05) is 31.6 Å². The zero-order valence-electron chi connectivity index (χ0n) is 11.3. The van der Waals surface area contributed by atoms with E-state index in [2.05, 4.69) is 10.4 Å². The Balaban J connectivity index is 2.51. The molecule has 0 fully saturated rings. The summed E-state index contributed by atoms with van der Waals surface area (Å²) in [5.74, 6) is 0.609. The van der Waals surface area contributed by atoms with Crippen LogP contribution in [0.25, 0.3) is 0 Å². The number of hydrogen-bond acceptors (Lipinski definition) is 4. The van der Waals surface area contributed by atoms with Crippen LogP contribution in [0.4, 0.5) is 5.82 Å². The summed E-state index contributed by atoms with van der Waals surface area (Å²) >= 11 is 0. The van der Waals surface area contributed by atoms with Gasteiger partial charge < -0.3 is 10.4 Å². The Bertz CT molecular complexity index is 383. The maximum atomic E-state index is 11.9. The van der Waals surface area contributed by atoms with Crippen LogP contribution in [0.2, 0.25) is 0 Å². The second-order valence-electron chi connectivity index (χ2n) is 4.34. The number of carbonyl (C=O) groups is 1. The van der Waals surface area contributed by atoms with Gasteiger partial charge in [0, 0.05) is 19.7 Å². The molecular weight excluding hydrogens is 232 g/mol. The monoisotopic (exact) mass is 254 g/mol. The van der Waals surface area contributed by atoms with Crippen molar-refractivity contribution in [2.45, 2.75) is 20.3 Å². The lowest BCUT2D eigenvalue weighted by atomic mass is 10.3. The molecular formula is C12H22N4O2. The van der Waals surface area contributed by atoms with Gasteiger partial charge in [0.05, 0.1) is 18.8 Å². The molecule has 0 radical (unpaired) electrons. The summed E-state index contributed by atoms with van der Waals surface area (Å²) in [5, 5.41) is 15.9. The second kappa shape index (κ2) is 7.13. The smallest absolute Gasteiger partial charge is 0.239 e. The van der Waals surface area contributed by atoms with Gasteiger partial charge in [-0.15, -0.1) is 0 Å². The molecule has 1 rings (SSSR count). The summed E-state index contributed by atoms with van der Waals surface area (Å²) in [6, 6.07) is 1.83. The number of nitrogens with one attached hydrogen (secondary N) is 1. The number of nitrogens with zero attached hydrogens (tertiary/aromatic N) is 3. The van der Waals surface area contributed by atoms with Crippen LogP contribution in [-0.4, -0.2) is 51.9 Å². The standard InChI is InChI=1S/C12H22N4O2/c1-4-5-16(6-7-17)9-12(18)13-11-8-10(2)14-15(11)3/h8,17H,4-7,9H2,1-3H3,(H,13,18). The molecule has 6 nitrogen and oxygen atoms in total. The number of aliphatic hydroxyl groups is 1. The van der Waals surface area contributed by atoms with Crippen LogP contribution >= 0.6 is 0 Å². The summed E-state index contributed by atoms with van der Waals surface area (Å²) < 4.78 is 1.64. The van der Waals surface area contributed by atoms with Crippen LogP contribution in [0.3, 0.4) is 0 Å². The van der Waals surface area contributed by atoms with Crippen molar-refractivity contribution in [3.05, 3.63) is 11.8 Å². The van der Waals surface area contributed by atoms with E-state index in [1.807, 2.05) is 24.8 Å². The zero-order chi connectivity index (χ0) is 13.5. The number of rotatable bonds is 7. The molecule has 0 bridgehead atoms. The van der Waals surface area contributed by atoms with E-state index in [4.69, 9.17) is 5.11 Å². The van der Waals surface area contributed by atoms with Gasteiger partial charge in [0.25, 0.3) is 0 Å². The fourth-order valence-electron chi connectivity index (χ4n) is 1.84. The van der Waals surface area contributed by atoms with Gasteiger partial charge in [-0.3, -0.25) is 14.4 Å². The van der Waals surface area contributed by atoms with E-state index in [9.17, 15) is 4.79 Å². The SMILES string of the molecule is CCCN(CCO)CC(=O)Nc1cc(C)nn1C. The van der Waals surface area contributed by atoms with Crippen LogP contribution < -0.4 is 5.32 Å². The fourth-order valence-corrected chi connectivity index (χ4v) is 1.84. The fraction of sp³-hybridized carbons (Fsp3) is 0.667. The van der Waals surface area contributed by atoms with Gasteiger partial charge >= 0.3 is 0 Å². The molecule has 18 heavy (non-hydrogen) atoms. The van der Waals surface area contributed by atoms with Gasteiger partial charge in [-0.05, 0) is 19.9 Å². The predicted molar refractivity (Wildman–Crippen MR) is 70.4 cm³/mol. The lowest BCUT2D eigenvalue weighted by Gasteiger charge is -2.19. The largest absolute Gasteiger partial charge is 0.395 e. The van der Waals surface area contributed by atoms with Crippen molar-refractivity contribution in [3.63, 3.8) is 0 Å². The third kappa shape index (κ3) is 4.46. The van der Waals surface area contributed by atoms with E-state index in [1.54, 1.807) is 11.7 Å². The van der Waals surface area contributed by atoms with Crippen molar-refractivity contribution in [3.8, 4) is 0 Å². The number of aryl methyl sites for hydroxylation is 2. The first-order valence-corrected chi connectivity index (χ1v) is 6.20. The Morgan fingerprint density at radius 2 is 2.28 bits per heavy atom. The molecule has 0 atom stereocenters. The highest BCUT2D eigenvalue weighted by Gasteiger charge is 2.11. The quantitative estimate of drug-likeness (QED) is 0.737. The van der Waals surface area contributed by atoms with Crippen LogP contribution in [0.5, 0.6) is 0 Å². The maximum Gasteiger partial charge on any atom is 0.239 e. The molecule has 2 N–H and O–H groups in total. The number of amides is 1. The molecule has 1 amide bonds. The number of hydrogen-bond donors (Lipinski definition) is 2. The molecule has 0 saturated heterocycles. The van der Waals surface area contributed by atoms with Gasteiger partial charge in [-0.25, -0.2) is 0 Å². The molecule has 0 saturated carbocycles. The van der Waals surface area contributed by atoms with Crippen LogP contribution in [0.15, 0.2) is 6.07 Å². The topological polar surface area (TPSA) is 70.4 Å². The lowest BCUT2D eigenvalue weighted by Crippen LogP contribution is -2.36. The van der Waals surface area contributed by atoms with Crippen molar-refractivity contribution in [2.24, 2.45) is 7.05 Å². The first-order chi connectivity index (χ1) is 8.56. The lowest BCUT2D eigenvalue weighted by molar-refractivity contribution is -0.117. The molecule has 6 heteroatoms. The molecule has 102 valence electrons. The Kier molecular flexibility index (Phi) is 5.80. The highest BCUT2D eigenvalue weighted by molar-refractivity contribution is 5.91. The van der Waals surface area contributed by atoms with Gasteiger partial charge in [0.1, 0.15) is 5.82 Å². The minimum Gasteiger partial charge on any atom is -0.395 e.